The van der Waals surface area contributed by atoms with Crippen molar-refractivity contribution in [2.45, 2.75) is 25.5 Å². The van der Waals surface area contributed by atoms with Crippen LogP contribution in [0.5, 0.6) is 5.75 Å². The first-order chi connectivity index (χ1) is 10.7. The summed E-state index contributed by atoms with van der Waals surface area (Å²) in [5.41, 5.74) is 2.06. The van der Waals surface area contributed by atoms with Crippen LogP contribution in [-0.4, -0.2) is 19.0 Å². The second kappa shape index (κ2) is 6.20. The Morgan fingerprint density at radius 3 is 2.41 bits per heavy atom. The van der Waals surface area contributed by atoms with Gasteiger partial charge in [-0.3, -0.25) is 9.63 Å². The fourth-order valence-electron chi connectivity index (χ4n) is 2.71. The van der Waals surface area contributed by atoms with Gasteiger partial charge >= 0.3 is 0 Å². The van der Waals surface area contributed by atoms with Crippen molar-refractivity contribution in [3.8, 4) is 5.75 Å². The Labute approximate surface area is 130 Å². The topological polar surface area (TPSA) is 38.8 Å². The minimum Gasteiger partial charge on any atom is -0.497 e. The number of hydrogen-bond acceptors (Lipinski definition) is 4. The van der Waals surface area contributed by atoms with Crippen LogP contribution in [0, 0.1) is 0 Å². The Hall–Kier alpha value is -2.33. The lowest BCUT2D eigenvalue weighted by molar-refractivity contribution is -0.126. The van der Waals surface area contributed by atoms with Crippen LogP contribution in [0.15, 0.2) is 54.6 Å². The molecule has 0 aromatic heterocycles. The predicted molar refractivity (Wildman–Crippen MR) is 84.8 cm³/mol. The highest BCUT2D eigenvalue weighted by molar-refractivity contribution is 5.81. The Morgan fingerprint density at radius 1 is 1.14 bits per heavy atom. The zero-order chi connectivity index (χ0) is 15.5. The monoisotopic (exact) mass is 297 g/mol. The van der Waals surface area contributed by atoms with Gasteiger partial charge in [0.2, 0.25) is 0 Å². The van der Waals surface area contributed by atoms with Crippen molar-refractivity contribution in [3.05, 3.63) is 60.2 Å². The minimum atomic E-state index is -0.396. The standard InChI is InChI=1S/C18H19NO3/c1-13(20)18-12-17(14-8-10-16(21-2)11-9-14)19(22-18)15-6-4-3-5-7-15/h3-11,17-18H,12H2,1-2H3/t17-,18-/m1/s1. The number of carbonyl (C=O) groups excluding carboxylic acids is 1. The summed E-state index contributed by atoms with van der Waals surface area (Å²) >= 11 is 0. The third-order valence-corrected chi connectivity index (χ3v) is 3.93. The van der Waals surface area contributed by atoms with E-state index in [2.05, 4.69) is 0 Å². The summed E-state index contributed by atoms with van der Waals surface area (Å²) in [6, 6.07) is 17.8. The molecule has 114 valence electrons. The summed E-state index contributed by atoms with van der Waals surface area (Å²) in [5.74, 6) is 0.869. The molecule has 2 atom stereocenters. The van der Waals surface area contributed by atoms with Crippen LogP contribution in [0.2, 0.25) is 0 Å². The summed E-state index contributed by atoms with van der Waals surface area (Å²) in [7, 11) is 1.65. The number of hydroxylamine groups is 1. The van der Waals surface area contributed by atoms with E-state index >= 15 is 0 Å². The van der Waals surface area contributed by atoms with Gasteiger partial charge in [-0.25, -0.2) is 5.06 Å². The molecular formula is C18H19NO3. The quantitative estimate of drug-likeness (QED) is 0.865. The SMILES string of the molecule is COc1ccc([C@H]2C[C@H](C(C)=O)ON2c2ccccc2)cc1. The second-order valence-corrected chi connectivity index (χ2v) is 5.39. The number of Topliss-reactive ketones (excluding diaryl/α,β-unsaturated/α-hetero) is 1. The molecule has 2 aromatic carbocycles. The highest BCUT2D eigenvalue weighted by atomic mass is 16.7. The highest BCUT2D eigenvalue weighted by Crippen LogP contribution is 2.38. The molecule has 0 N–H and O–H groups in total. The molecule has 3 rings (SSSR count). The van der Waals surface area contributed by atoms with Crippen LogP contribution in [0.4, 0.5) is 5.69 Å². The van der Waals surface area contributed by atoms with Crippen molar-refractivity contribution < 1.29 is 14.4 Å². The zero-order valence-electron chi connectivity index (χ0n) is 12.7. The van der Waals surface area contributed by atoms with E-state index in [0.717, 1.165) is 17.0 Å². The van der Waals surface area contributed by atoms with Crippen LogP contribution in [0.1, 0.15) is 24.9 Å². The van der Waals surface area contributed by atoms with Crippen LogP contribution in [0.3, 0.4) is 0 Å². The number of ether oxygens (including phenoxy) is 1. The molecule has 0 saturated carbocycles. The van der Waals surface area contributed by atoms with E-state index in [9.17, 15) is 4.79 Å². The summed E-state index contributed by atoms with van der Waals surface area (Å²) in [6.07, 6.45) is 0.253. The highest BCUT2D eigenvalue weighted by Gasteiger charge is 2.37. The first-order valence-corrected chi connectivity index (χ1v) is 7.34. The second-order valence-electron chi connectivity index (χ2n) is 5.39. The van der Waals surface area contributed by atoms with Gasteiger partial charge in [-0.05, 0) is 36.8 Å². The molecule has 4 nitrogen and oxygen atoms in total. The van der Waals surface area contributed by atoms with Crippen molar-refractivity contribution in [2.24, 2.45) is 0 Å². The summed E-state index contributed by atoms with van der Waals surface area (Å²) in [6.45, 7) is 1.57. The number of anilines is 1. The van der Waals surface area contributed by atoms with Crippen molar-refractivity contribution in [2.75, 3.05) is 12.2 Å². The normalized spacial score (nSPS) is 20.9. The number of hydrogen-bond donors (Lipinski definition) is 0. The maximum atomic E-state index is 11.7. The van der Waals surface area contributed by atoms with E-state index in [0.29, 0.717) is 6.42 Å². The van der Waals surface area contributed by atoms with Gasteiger partial charge in [0, 0.05) is 6.42 Å². The number of ketones is 1. The number of carbonyl (C=O) groups is 1. The average Bonchev–Trinajstić information content (AvgIpc) is 3.01. The van der Waals surface area contributed by atoms with E-state index < -0.39 is 6.10 Å². The maximum Gasteiger partial charge on any atom is 0.161 e. The van der Waals surface area contributed by atoms with Crippen LogP contribution >= 0.6 is 0 Å². The molecule has 0 bridgehead atoms. The molecule has 1 aliphatic rings. The largest absolute Gasteiger partial charge is 0.497 e. The molecule has 0 radical (unpaired) electrons. The van der Waals surface area contributed by atoms with Crippen LogP contribution in [0.25, 0.3) is 0 Å². The third-order valence-electron chi connectivity index (χ3n) is 3.93. The van der Waals surface area contributed by atoms with Crippen molar-refractivity contribution >= 4 is 11.5 Å². The van der Waals surface area contributed by atoms with E-state index in [1.54, 1.807) is 14.0 Å². The van der Waals surface area contributed by atoms with E-state index in [4.69, 9.17) is 9.57 Å². The fraction of sp³-hybridized carbons (Fsp3) is 0.278. The Morgan fingerprint density at radius 2 is 1.82 bits per heavy atom. The summed E-state index contributed by atoms with van der Waals surface area (Å²) in [5, 5.41) is 1.84. The van der Waals surface area contributed by atoms with E-state index in [-0.39, 0.29) is 11.8 Å². The number of methoxy groups -OCH3 is 1. The minimum absolute atomic E-state index is 0.0159. The number of para-hydroxylation sites is 1. The van der Waals surface area contributed by atoms with Crippen LogP contribution in [-0.2, 0) is 9.63 Å². The summed E-state index contributed by atoms with van der Waals surface area (Å²) < 4.78 is 5.20. The number of rotatable bonds is 4. The lowest BCUT2D eigenvalue weighted by Gasteiger charge is -2.25. The maximum absolute atomic E-state index is 11.7. The molecule has 4 heteroatoms. The molecule has 1 saturated heterocycles. The molecule has 0 spiro atoms. The first-order valence-electron chi connectivity index (χ1n) is 7.34. The van der Waals surface area contributed by atoms with Gasteiger partial charge in [0.15, 0.2) is 5.78 Å². The van der Waals surface area contributed by atoms with Gasteiger partial charge in [-0.2, -0.15) is 0 Å². The van der Waals surface area contributed by atoms with Gasteiger partial charge in [0.1, 0.15) is 11.9 Å². The fourth-order valence-corrected chi connectivity index (χ4v) is 2.71. The van der Waals surface area contributed by atoms with E-state index in [1.165, 1.54) is 0 Å². The molecule has 1 fully saturated rings. The Balaban J connectivity index is 1.92. The lowest BCUT2D eigenvalue weighted by atomic mass is 10.00. The molecule has 1 aliphatic heterocycles. The molecule has 1 heterocycles. The molecular weight excluding hydrogens is 278 g/mol. The van der Waals surface area contributed by atoms with Gasteiger partial charge in [-0.1, -0.05) is 30.3 Å². The molecule has 0 amide bonds. The van der Waals surface area contributed by atoms with Crippen LogP contribution < -0.4 is 9.80 Å². The van der Waals surface area contributed by atoms with Crippen molar-refractivity contribution in [1.29, 1.82) is 0 Å². The average molecular weight is 297 g/mol. The summed E-state index contributed by atoms with van der Waals surface area (Å²) in [4.78, 5) is 17.6. The van der Waals surface area contributed by atoms with Gasteiger partial charge in [-0.15, -0.1) is 0 Å². The third kappa shape index (κ3) is 2.83. The first kappa shape index (κ1) is 14.6. The molecule has 2 aromatic rings. The van der Waals surface area contributed by atoms with Crippen molar-refractivity contribution in [3.63, 3.8) is 0 Å². The van der Waals surface area contributed by atoms with Gasteiger partial charge < -0.3 is 4.74 Å². The van der Waals surface area contributed by atoms with Gasteiger partial charge in [0.25, 0.3) is 0 Å². The number of nitrogens with zero attached hydrogens (tertiary/aromatic N) is 1. The molecule has 0 unspecified atom stereocenters. The zero-order valence-corrected chi connectivity index (χ0v) is 12.7. The predicted octanol–water partition coefficient (Wildman–Crippen LogP) is 3.54. The Kier molecular flexibility index (Phi) is 4.11. The Bertz CT molecular complexity index is 639. The van der Waals surface area contributed by atoms with E-state index in [1.807, 2.05) is 59.7 Å². The molecule has 22 heavy (non-hydrogen) atoms. The lowest BCUT2D eigenvalue weighted by Crippen LogP contribution is -2.23. The van der Waals surface area contributed by atoms with Gasteiger partial charge in [0.05, 0.1) is 18.8 Å². The smallest absolute Gasteiger partial charge is 0.161 e. The molecule has 0 aliphatic carbocycles. The van der Waals surface area contributed by atoms with Crippen molar-refractivity contribution in [1.82, 2.24) is 0 Å². The number of benzene rings is 2.